The third-order valence-corrected chi connectivity index (χ3v) is 2.61. The van der Waals surface area contributed by atoms with Gasteiger partial charge in [-0.3, -0.25) is 14.2 Å². The second-order valence-electron chi connectivity index (χ2n) is 3.30. The third kappa shape index (κ3) is 2.11. The molecule has 0 bridgehead atoms. The minimum atomic E-state index is -0.455. The van der Waals surface area contributed by atoms with Crippen LogP contribution in [0.25, 0.3) is 10.9 Å². The summed E-state index contributed by atoms with van der Waals surface area (Å²) in [6, 6.07) is 1.69. The SMILES string of the molecule is O=c1c2cc(Br)cnc2cnn1CCCF. The summed E-state index contributed by atoms with van der Waals surface area (Å²) in [5, 5.41) is 4.42. The fourth-order valence-electron chi connectivity index (χ4n) is 1.41. The van der Waals surface area contributed by atoms with E-state index in [0.29, 0.717) is 17.3 Å². The Labute approximate surface area is 99.2 Å². The lowest BCUT2D eigenvalue weighted by molar-refractivity contribution is 0.429. The number of pyridine rings is 1. The Balaban J connectivity index is 2.55. The molecule has 6 heteroatoms. The maximum Gasteiger partial charge on any atom is 0.276 e. The third-order valence-electron chi connectivity index (χ3n) is 2.17. The van der Waals surface area contributed by atoms with E-state index in [0.717, 1.165) is 4.47 Å². The van der Waals surface area contributed by atoms with E-state index in [1.54, 1.807) is 12.3 Å². The van der Waals surface area contributed by atoms with E-state index in [9.17, 15) is 9.18 Å². The first kappa shape index (κ1) is 11.2. The van der Waals surface area contributed by atoms with Gasteiger partial charge in [0.2, 0.25) is 0 Å². The molecule has 2 rings (SSSR count). The molecule has 0 fully saturated rings. The number of fused-ring (bicyclic) bond motifs is 1. The van der Waals surface area contributed by atoms with E-state index in [1.165, 1.54) is 10.9 Å². The Kier molecular flexibility index (Phi) is 3.28. The molecule has 2 aromatic heterocycles. The molecule has 0 saturated heterocycles. The summed E-state index contributed by atoms with van der Waals surface area (Å²) in [4.78, 5) is 16.0. The summed E-state index contributed by atoms with van der Waals surface area (Å²) in [5.74, 6) is 0. The smallest absolute Gasteiger partial charge is 0.267 e. The van der Waals surface area contributed by atoms with Gasteiger partial charge in [-0.2, -0.15) is 5.10 Å². The second kappa shape index (κ2) is 4.69. The maximum absolute atomic E-state index is 12.0. The quantitative estimate of drug-likeness (QED) is 0.866. The predicted octanol–water partition coefficient (Wildman–Crippen LogP) is 1.91. The van der Waals surface area contributed by atoms with Crippen molar-refractivity contribution in [1.82, 2.24) is 14.8 Å². The first-order valence-corrected chi connectivity index (χ1v) is 5.59. The standard InChI is InChI=1S/C10H9BrFN3O/c11-7-4-8-9(13-5-7)6-14-15(10(8)16)3-1-2-12/h4-6H,1-3H2. The van der Waals surface area contributed by atoms with Crippen molar-refractivity contribution < 1.29 is 4.39 Å². The summed E-state index contributed by atoms with van der Waals surface area (Å²) in [7, 11) is 0. The van der Waals surface area contributed by atoms with Gasteiger partial charge in [-0.25, -0.2) is 4.68 Å². The molecule has 0 aliphatic carbocycles. The number of rotatable bonds is 3. The maximum atomic E-state index is 12.0. The normalized spacial score (nSPS) is 10.9. The topological polar surface area (TPSA) is 47.8 Å². The highest BCUT2D eigenvalue weighted by Crippen LogP contribution is 2.12. The van der Waals surface area contributed by atoms with Crippen molar-refractivity contribution in [2.75, 3.05) is 6.67 Å². The lowest BCUT2D eigenvalue weighted by Gasteiger charge is -2.03. The summed E-state index contributed by atoms with van der Waals surface area (Å²) in [6.07, 6.45) is 3.41. The minimum Gasteiger partial charge on any atom is -0.267 e. The molecule has 4 nitrogen and oxygen atoms in total. The Hall–Kier alpha value is -1.30. The molecule has 0 spiro atoms. The van der Waals surface area contributed by atoms with Crippen molar-refractivity contribution in [3.63, 3.8) is 0 Å². The lowest BCUT2D eigenvalue weighted by Crippen LogP contribution is -2.23. The highest BCUT2D eigenvalue weighted by atomic mass is 79.9. The van der Waals surface area contributed by atoms with E-state index < -0.39 is 6.67 Å². The van der Waals surface area contributed by atoms with Gasteiger partial charge >= 0.3 is 0 Å². The van der Waals surface area contributed by atoms with Crippen LogP contribution in [0.5, 0.6) is 0 Å². The molecule has 0 atom stereocenters. The van der Waals surface area contributed by atoms with Crippen LogP contribution in [0.15, 0.2) is 27.7 Å². The molecular formula is C10H9BrFN3O. The summed E-state index contributed by atoms with van der Waals surface area (Å²) < 4.78 is 14.0. The van der Waals surface area contributed by atoms with Gasteiger partial charge < -0.3 is 0 Å². The molecule has 0 aromatic carbocycles. The van der Waals surface area contributed by atoms with E-state index in [-0.39, 0.29) is 12.1 Å². The van der Waals surface area contributed by atoms with Crippen molar-refractivity contribution in [3.05, 3.63) is 33.3 Å². The van der Waals surface area contributed by atoms with Gasteiger partial charge in [0.1, 0.15) is 0 Å². The minimum absolute atomic E-state index is 0.236. The van der Waals surface area contributed by atoms with Crippen molar-refractivity contribution in [3.8, 4) is 0 Å². The Morgan fingerprint density at radius 1 is 1.44 bits per heavy atom. The van der Waals surface area contributed by atoms with Gasteiger partial charge in [0.25, 0.3) is 5.56 Å². The molecule has 16 heavy (non-hydrogen) atoms. The molecule has 0 unspecified atom stereocenters. The Bertz CT molecular complexity index is 569. The van der Waals surface area contributed by atoms with Gasteiger partial charge in [-0.15, -0.1) is 0 Å². The van der Waals surface area contributed by atoms with E-state index in [4.69, 9.17) is 0 Å². The lowest BCUT2D eigenvalue weighted by atomic mass is 10.3. The van der Waals surface area contributed by atoms with Crippen LogP contribution in [-0.2, 0) is 6.54 Å². The first-order chi connectivity index (χ1) is 7.72. The van der Waals surface area contributed by atoms with Crippen LogP contribution in [0.2, 0.25) is 0 Å². The molecule has 0 amide bonds. The van der Waals surface area contributed by atoms with Gasteiger partial charge in [0.05, 0.1) is 23.8 Å². The number of alkyl halides is 1. The highest BCUT2D eigenvalue weighted by Gasteiger charge is 2.05. The molecule has 0 aliphatic heterocycles. The summed E-state index contributed by atoms with van der Waals surface area (Å²) >= 11 is 3.25. The largest absolute Gasteiger partial charge is 0.276 e. The molecular weight excluding hydrogens is 277 g/mol. The van der Waals surface area contributed by atoms with Crippen molar-refractivity contribution >= 4 is 26.8 Å². The van der Waals surface area contributed by atoms with Gasteiger partial charge in [0, 0.05) is 17.2 Å². The van der Waals surface area contributed by atoms with Crippen molar-refractivity contribution in [1.29, 1.82) is 0 Å². The van der Waals surface area contributed by atoms with Crippen LogP contribution in [0.3, 0.4) is 0 Å². The highest BCUT2D eigenvalue weighted by molar-refractivity contribution is 9.10. The number of halogens is 2. The molecule has 2 aromatic rings. The zero-order valence-electron chi connectivity index (χ0n) is 8.36. The molecule has 0 aliphatic rings. The summed E-state index contributed by atoms with van der Waals surface area (Å²) in [6.45, 7) is -0.166. The van der Waals surface area contributed by atoms with Crippen LogP contribution >= 0.6 is 15.9 Å². The van der Waals surface area contributed by atoms with Crippen LogP contribution in [0.4, 0.5) is 4.39 Å². The van der Waals surface area contributed by atoms with Crippen LogP contribution in [-0.4, -0.2) is 21.4 Å². The number of aromatic nitrogens is 3. The Morgan fingerprint density at radius 2 is 2.25 bits per heavy atom. The number of nitrogens with zero attached hydrogens (tertiary/aromatic N) is 3. The van der Waals surface area contributed by atoms with Gasteiger partial charge in [-0.05, 0) is 28.4 Å². The van der Waals surface area contributed by atoms with Crippen LogP contribution < -0.4 is 5.56 Å². The molecule has 2 heterocycles. The molecule has 0 saturated carbocycles. The average molecular weight is 286 g/mol. The summed E-state index contributed by atoms with van der Waals surface area (Å²) in [5.41, 5.74) is 0.310. The van der Waals surface area contributed by atoms with Crippen molar-refractivity contribution in [2.24, 2.45) is 0 Å². The first-order valence-electron chi connectivity index (χ1n) is 4.79. The van der Waals surface area contributed by atoms with E-state index >= 15 is 0 Å². The van der Waals surface area contributed by atoms with Gasteiger partial charge in [0.15, 0.2) is 0 Å². The fraction of sp³-hybridized carbons (Fsp3) is 0.300. The van der Waals surface area contributed by atoms with E-state index in [2.05, 4.69) is 26.0 Å². The Morgan fingerprint density at radius 3 is 3.00 bits per heavy atom. The fourth-order valence-corrected chi connectivity index (χ4v) is 1.74. The second-order valence-corrected chi connectivity index (χ2v) is 4.22. The predicted molar refractivity (Wildman–Crippen MR) is 62.1 cm³/mol. The monoisotopic (exact) mass is 285 g/mol. The number of hydrogen-bond donors (Lipinski definition) is 0. The zero-order chi connectivity index (χ0) is 11.5. The average Bonchev–Trinajstić information content (AvgIpc) is 2.29. The zero-order valence-corrected chi connectivity index (χ0v) is 9.95. The molecule has 0 N–H and O–H groups in total. The van der Waals surface area contributed by atoms with Crippen LogP contribution in [0, 0.1) is 0 Å². The number of aryl methyl sites for hydroxylation is 1. The van der Waals surface area contributed by atoms with Crippen molar-refractivity contribution in [2.45, 2.75) is 13.0 Å². The molecule has 84 valence electrons. The molecule has 0 radical (unpaired) electrons. The number of hydrogen-bond acceptors (Lipinski definition) is 3. The van der Waals surface area contributed by atoms with E-state index in [1.807, 2.05) is 0 Å². The van der Waals surface area contributed by atoms with Gasteiger partial charge in [-0.1, -0.05) is 0 Å². The van der Waals surface area contributed by atoms with Crippen LogP contribution in [0.1, 0.15) is 6.42 Å².